The van der Waals surface area contributed by atoms with Crippen LogP contribution in [0.1, 0.15) is 31.9 Å². The van der Waals surface area contributed by atoms with E-state index in [1.165, 1.54) is 5.56 Å². The molecule has 1 aromatic carbocycles. The molecule has 0 heterocycles. The molecule has 19 heavy (non-hydrogen) atoms. The van der Waals surface area contributed by atoms with Crippen LogP contribution in [0.3, 0.4) is 0 Å². The third-order valence-corrected chi connectivity index (χ3v) is 3.45. The van der Waals surface area contributed by atoms with Gasteiger partial charge in [-0.25, -0.2) is 0 Å². The van der Waals surface area contributed by atoms with Crippen LogP contribution in [-0.2, 0) is 0 Å². The summed E-state index contributed by atoms with van der Waals surface area (Å²) in [5, 5.41) is 3.43. The van der Waals surface area contributed by atoms with Crippen molar-refractivity contribution < 1.29 is 4.74 Å². The van der Waals surface area contributed by atoms with Crippen LogP contribution in [0.15, 0.2) is 22.7 Å². The van der Waals surface area contributed by atoms with Crippen molar-refractivity contribution in [2.45, 2.75) is 26.3 Å². The van der Waals surface area contributed by atoms with Crippen molar-refractivity contribution in [3.8, 4) is 5.75 Å². The lowest BCUT2D eigenvalue weighted by Crippen LogP contribution is -2.19. The smallest absolute Gasteiger partial charge is 0.124 e. The molecule has 4 heteroatoms. The average Bonchev–Trinajstić information content (AvgIpc) is 2.36. The second kappa shape index (κ2) is 8.56. The molecule has 108 valence electrons. The molecule has 0 spiro atoms. The SMILES string of the molecule is CCNC(C)c1cc(Br)ccc1OCCCN(C)C. The molecule has 0 saturated heterocycles. The summed E-state index contributed by atoms with van der Waals surface area (Å²) >= 11 is 3.53. The highest BCUT2D eigenvalue weighted by molar-refractivity contribution is 9.10. The Labute approximate surface area is 125 Å². The topological polar surface area (TPSA) is 24.5 Å². The fourth-order valence-corrected chi connectivity index (χ4v) is 2.35. The molecule has 1 rings (SSSR count). The third kappa shape index (κ3) is 5.93. The number of nitrogens with zero attached hydrogens (tertiary/aromatic N) is 1. The van der Waals surface area contributed by atoms with E-state index in [0.29, 0.717) is 6.04 Å². The molecule has 0 aliphatic rings. The first kappa shape index (κ1) is 16.5. The molecule has 1 aromatic rings. The van der Waals surface area contributed by atoms with Crippen LogP contribution in [0.4, 0.5) is 0 Å². The molecular weight excluding hydrogens is 304 g/mol. The van der Waals surface area contributed by atoms with E-state index >= 15 is 0 Å². The summed E-state index contributed by atoms with van der Waals surface area (Å²) < 4.78 is 7.01. The maximum absolute atomic E-state index is 5.92. The maximum atomic E-state index is 5.92. The summed E-state index contributed by atoms with van der Waals surface area (Å²) in [5.74, 6) is 0.982. The van der Waals surface area contributed by atoms with E-state index < -0.39 is 0 Å². The Balaban J connectivity index is 2.65. The van der Waals surface area contributed by atoms with Crippen LogP contribution in [-0.4, -0.2) is 38.7 Å². The van der Waals surface area contributed by atoms with Crippen molar-refractivity contribution in [3.05, 3.63) is 28.2 Å². The van der Waals surface area contributed by atoms with E-state index in [4.69, 9.17) is 4.74 Å². The Morgan fingerprint density at radius 2 is 2.11 bits per heavy atom. The minimum Gasteiger partial charge on any atom is -0.493 e. The lowest BCUT2D eigenvalue weighted by atomic mass is 10.1. The van der Waals surface area contributed by atoms with Crippen LogP contribution in [0.5, 0.6) is 5.75 Å². The number of nitrogens with one attached hydrogen (secondary N) is 1. The van der Waals surface area contributed by atoms with E-state index in [0.717, 1.165) is 36.3 Å². The van der Waals surface area contributed by atoms with Gasteiger partial charge in [0.15, 0.2) is 0 Å². The van der Waals surface area contributed by atoms with Crippen molar-refractivity contribution >= 4 is 15.9 Å². The van der Waals surface area contributed by atoms with Gasteiger partial charge in [-0.3, -0.25) is 0 Å². The van der Waals surface area contributed by atoms with Crippen LogP contribution < -0.4 is 10.1 Å². The maximum Gasteiger partial charge on any atom is 0.124 e. The van der Waals surface area contributed by atoms with Gasteiger partial charge in [-0.15, -0.1) is 0 Å². The van der Waals surface area contributed by atoms with Crippen molar-refractivity contribution in [3.63, 3.8) is 0 Å². The third-order valence-electron chi connectivity index (χ3n) is 2.96. The lowest BCUT2D eigenvalue weighted by Gasteiger charge is -2.18. The van der Waals surface area contributed by atoms with Crippen molar-refractivity contribution in [2.24, 2.45) is 0 Å². The standard InChI is InChI=1S/C15H25BrN2O/c1-5-17-12(2)14-11-13(16)7-8-15(14)19-10-6-9-18(3)4/h7-8,11-12,17H,5-6,9-10H2,1-4H3. The van der Waals surface area contributed by atoms with Gasteiger partial charge in [0.25, 0.3) is 0 Å². The Bertz CT molecular complexity index is 382. The number of hydrogen-bond acceptors (Lipinski definition) is 3. The lowest BCUT2D eigenvalue weighted by molar-refractivity contribution is 0.277. The molecule has 3 nitrogen and oxygen atoms in total. The monoisotopic (exact) mass is 328 g/mol. The summed E-state index contributed by atoms with van der Waals surface area (Å²) in [6.45, 7) is 7.04. The second-order valence-corrected chi connectivity index (χ2v) is 5.88. The van der Waals surface area contributed by atoms with Gasteiger partial charge in [-0.2, -0.15) is 0 Å². The molecule has 0 saturated carbocycles. The molecule has 0 aliphatic heterocycles. The average molecular weight is 329 g/mol. The van der Waals surface area contributed by atoms with Gasteiger partial charge in [0, 0.05) is 22.6 Å². The largest absolute Gasteiger partial charge is 0.493 e. The van der Waals surface area contributed by atoms with Crippen LogP contribution >= 0.6 is 15.9 Å². The molecule has 0 amide bonds. The quantitative estimate of drug-likeness (QED) is 0.740. The first-order valence-corrected chi connectivity index (χ1v) is 7.64. The minimum absolute atomic E-state index is 0.298. The highest BCUT2D eigenvalue weighted by Crippen LogP contribution is 2.28. The van der Waals surface area contributed by atoms with Gasteiger partial charge in [-0.05, 0) is 52.2 Å². The molecule has 0 aliphatic carbocycles. The van der Waals surface area contributed by atoms with E-state index in [1.54, 1.807) is 0 Å². The predicted molar refractivity (Wildman–Crippen MR) is 84.9 cm³/mol. The van der Waals surface area contributed by atoms with Crippen LogP contribution in [0, 0.1) is 0 Å². The van der Waals surface area contributed by atoms with Crippen molar-refractivity contribution in [1.82, 2.24) is 10.2 Å². The second-order valence-electron chi connectivity index (χ2n) is 4.97. The fourth-order valence-electron chi connectivity index (χ4n) is 1.97. The van der Waals surface area contributed by atoms with E-state index in [-0.39, 0.29) is 0 Å². The van der Waals surface area contributed by atoms with E-state index in [1.807, 2.05) is 12.1 Å². The highest BCUT2D eigenvalue weighted by Gasteiger charge is 2.11. The first-order valence-electron chi connectivity index (χ1n) is 6.85. The summed E-state index contributed by atoms with van der Waals surface area (Å²) in [6, 6.07) is 6.51. The number of ether oxygens (including phenoxy) is 1. The Hall–Kier alpha value is -0.580. The van der Waals surface area contributed by atoms with Crippen LogP contribution in [0.25, 0.3) is 0 Å². The van der Waals surface area contributed by atoms with Gasteiger partial charge in [-0.1, -0.05) is 22.9 Å². The molecule has 0 radical (unpaired) electrons. The zero-order valence-corrected chi connectivity index (χ0v) is 14.0. The summed E-state index contributed by atoms with van der Waals surface area (Å²) in [5.41, 5.74) is 1.21. The van der Waals surface area contributed by atoms with Gasteiger partial charge in [0.05, 0.1) is 6.61 Å². The zero-order valence-electron chi connectivity index (χ0n) is 12.4. The summed E-state index contributed by atoms with van der Waals surface area (Å²) in [4.78, 5) is 2.17. The fraction of sp³-hybridized carbons (Fsp3) is 0.600. The number of rotatable bonds is 8. The molecule has 0 fully saturated rings. The highest BCUT2D eigenvalue weighted by atomic mass is 79.9. The van der Waals surface area contributed by atoms with E-state index in [9.17, 15) is 0 Å². The normalized spacial score (nSPS) is 12.7. The first-order chi connectivity index (χ1) is 9.04. The number of halogens is 1. The molecule has 1 unspecified atom stereocenters. The zero-order chi connectivity index (χ0) is 14.3. The van der Waals surface area contributed by atoms with Crippen LogP contribution in [0.2, 0.25) is 0 Å². The van der Waals surface area contributed by atoms with Gasteiger partial charge in [0.2, 0.25) is 0 Å². The summed E-state index contributed by atoms with van der Waals surface area (Å²) in [7, 11) is 4.16. The molecule has 0 aromatic heterocycles. The molecule has 1 atom stereocenters. The molecular formula is C15H25BrN2O. The van der Waals surface area contributed by atoms with Crippen molar-refractivity contribution in [2.75, 3.05) is 33.8 Å². The van der Waals surface area contributed by atoms with Gasteiger partial charge >= 0.3 is 0 Å². The van der Waals surface area contributed by atoms with Gasteiger partial charge < -0.3 is 15.0 Å². The van der Waals surface area contributed by atoms with Crippen molar-refractivity contribution in [1.29, 1.82) is 0 Å². The van der Waals surface area contributed by atoms with E-state index in [2.05, 4.69) is 60.2 Å². The Kier molecular flexibility index (Phi) is 7.42. The summed E-state index contributed by atoms with van der Waals surface area (Å²) in [6.07, 6.45) is 1.04. The minimum atomic E-state index is 0.298. The number of benzene rings is 1. The molecule has 1 N–H and O–H groups in total. The molecule has 0 bridgehead atoms. The predicted octanol–water partition coefficient (Wildman–Crippen LogP) is 3.45. The Morgan fingerprint density at radius 3 is 2.74 bits per heavy atom. The Morgan fingerprint density at radius 1 is 1.37 bits per heavy atom. The van der Waals surface area contributed by atoms with Gasteiger partial charge in [0.1, 0.15) is 5.75 Å². The number of hydrogen-bond donors (Lipinski definition) is 1.